The van der Waals surface area contributed by atoms with Crippen molar-refractivity contribution >= 4 is 17.6 Å². The molecular formula is C11H12ClN3. The van der Waals surface area contributed by atoms with Crippen LogP contribution in [0.15, 0.2) is 29.3 Å². The molecule has 4 heteroatoms. The lowest BCUT2D eigenvalue weighted by molar-refractivity contribution is 0.419. The number of nitrogens with zero attached hydrogens (tertiary/aromatic N) is 2. The Morgan fingerprint density at radius 1 is 1.40 bits per heavy atom. The van der Waals surface area contributed by atoms with E-state index >= 15 is 0 Å². The Balaban J connectivity index is 1.92. The Kier molecular flexibility index (Phi) is 2.06. The van der Waals surface area contributed by atoms with Crippen LogP contribution in [0.2, 0.25) is 0 Å². The minimum Gasteiger partial charge on any atom is -0.354 e. The van der Waals surface area contributed by atoms with E-state index in [0.717, 1.165) is 25.6 Å². The van der Waals surface area contributed by atoms with Gasteiger partial charge in [0.25, 0.3) is 0 Å². The summed E-state index contributed by atoms with van der Waals surface area (Å²) >= 11 is 6.39. The quantitative estimate of drug-likeness (QED) is 0.534. The first-order valence-electron chi connectivity index (χ1n) is 5.13. The molecule has 0 saturated heterocycles. The van der Waals surface area contributed by atoms with E-state index in [1.54, 1.807) is 0 Å². The van der Waals surface area contributed by atoms with Crippen molar-refractivity contribution in [3.05, 3.63) is 35.4 Å². The lowest BCUT2D eigenvalue weighted by Crippen LogP contribution is -2.35. The third kappa shape index (κ3) is 1.38. The number of fused-ring (bicyclic) bond motifs is 1. The van der Waals surface area contributed by atoms with Gasteiger partial charge in [0.05, 0.1) is 6.54 Å². The molecule has 0 saturated carbocycles. The fourth-order valence-corrected chi connectivity index (χ4v) is 2.48. The lowest BCUT2D eigenvalue weighted by Gasteiger charge is -2.21. The van der Waals surface area contributed by atoms with Crippen LogP contribution in [-0.4, -0.2) is 23.9 Å². The third-order valence-electron chi connectivity index (χ3n) is 2.85. The second kappa shape index (κ2) is 3.42. The van der Waals surface area contributed by atoms with Crippen molar-refractivity contribution in [1.29, 1.82) is 0 Å². The smallest absolute Gasteiger partial charge is 0.195 e. The number of halogens is 1. The number of nitrogens with one attached hydrogen (secondary N) is 1. The van der Waals surface area contributed by atoms with Gasteiger partial charge in [0.2, 0.25) is 0 Å². The standard InChI is InChI=1S/C11H12ClN3/c12-10-9-4-2-1-3-8(9)7-15(10)11-13-5-6-14-11/h1-4,10H,5-7H2,(H,13,14). The van der Waals surface area contributed by atoms with Crippen molar-refractivity contribution in [2.45, 2.75) is 12.0 Å². The summed E-state index contributed by atoms with van der Waals surface area (Å²) in [4.78, 5) is 6.51. The number of rotatable bonds is 0. The zero-order valence-corrected chi connectivity index (χ0v) is 9.04. The molecule has 1 atom stereocenters. The maximum absolute atomic E-state index is 6.39. The highest BCUT2D eigenvalue weighted by Crippen LogP contribution is 2.36. The monoisotopic (exact) mass is 221 g/mol. The molecule has 15 heavy (non-hydrogen) atoms. The van der Waals surface area contributed by atoms with Crippen molar-refractivity contribution in [1.82, 2.24) is 10.2 Å². The number of benzene rings is 1. The number of aliphatic imine (C=N–C) groups is 1. The van der Waals surface area contributed by atoms with E-state index in [2.05, 4.69) is 33.4 Å². The summed E-state index contributed by atoms with van der Waals surface area (Å²) in [7, 11) is 0. The van der Waals surface area contributed by atoms with Crippen LogP contribution in [0.25, 0.3) is 0 Å². The van der Waals surface area contributed by atoms with E-state index in [1.165, 1.54) is 11.1 Å². The highest BCUT2D eigenvalue weighted by molar-refractivity contribution is 6.22. The normalized spacial score (nSPS) is 23.7. The molecule has 0 fully saturated rings. The van der Waals surface area contributed by atoms with E-state index < -0.39 is 0 Å². The Morgan fingerprint density at radius 2 is 2.27 bits per heavy atom. The van der Waals surface area contributed by atoms with Crippen LogP contribution in [0.3, 0.4) is 0 Å². The van der Waals surface area contributed by atoms with Crippen molar-refractivity contribution < 1.29 is 0 Å². The second-order valence-electron chi connectivity index (χ2n) is 3.79. The zero-order chi connectivity index (χ0) is 10.3. The van der Waals surface area contributed by atoms with Gasteiger partial charge in [-0.25, -0.2) is 0 Å². The fourth-order valence-electron chi connectivity index (χ4n) is 2.10. The van der Waals surface area contributed by atoms with Gasteiger partial charge in [0.15, 0.2) is 5.96 Å². The van der Waals surface area contributed by atoms with Gasteiger partial charge in [0.1, 0.15) is 5.50 Å². The minimum atomic E-state index is -0.0782. The molecule has 0 aliphatic carbocycles. The second-order valence-corrected chi connectivity index (χ2v) is 4.21. The third-order valence-corrected chi connectivity index (χ3v) is 3.33. The van der Waals surface area contributed by atoms with Crippen LogP contribution in [0.4, 0.5) is 0 Å². The lowest BCUT2D eigenvalue weighted by atomic mass is 10.1. The number of alkyl halides is 1. The Morgan fingerprint density at radius 3 is 3.00 bits per heavy atom. The Bertz CT molecular complexity index is 416. The van der Waals surface area contributed by atoms with Crippen LogP contribution in [-0.2, 0) is 6.54 Å². The van der Waals surface area contributed by atoms with E-state index in [9.17, 15) is 0 Å². The summed E-state index contributed by atoms with van der Waals surface area (Å²) in [6.07, 6.45) is 0. The van der Waals surface area contributed by atoms with E-state index in [4.69, 9.17) is 11.6 Å². The average molecular weight is 222 g/mol. The molecule has 0 bridgehead atoms. The van der Waals surface area contributed by atoms with Gasteiger partial charge in [0, 0.05) is 13.1 Å². The predicted molar refractivity (Wildman–Crippen MR) is 60.9 cm³/mol. The molecule has 0 aromatic heterocycles. The molecule has 0 amide bonds. The van der Waals surface area contributed by atoms with Crippen LogP contribution in [0, 0.1) is 0 Å². The van der Waals surface area contributed by atoms with E-state index in [-0.39, 0.29) is 5.50 Å². The molecular weight excluding hydrogens is 210 g/mol. The van der Waals surface area contributed by atoms with Gasteiger partial charge >= 0.3 is 0 Å². The van der Waals surface area contributed by atoms with Gasteiger partial charge in [-0.1, -0.05) is 35.9 Å². The highest BCUT2D eigenvalue weighted by Gasteiger charge is 2.31. The summed E-state index contributed by atoms with van der Waals surface area (Å²) in [6, 6.07) is 8.29. The van der Waals surface area contributed by atoms with E-state index in [0.29, 0.717) is 0 Å². The highest BCUT2D eigenvalue weighted by atomic mass is 35.5. The number of guanidine groups is 1. The molecule has 0 spiro atoms. The fraction of sp³-hybridized carbons (Fsp3) is 0.364. The summed E-state index contributed by atoms with van der Waals surface area (Å²) in [5.74, 6) is 0.936. The molecule has 3 rings (SSSR count). The van der Waals surface area contributed by atoms with Gasteiger partial charge in [-0.2, -0.15) is 0 Å². The molecule has 1 aromatic carbocycles. The zero-order valence-electron chi connectivity index (χ0n) is 8.28. The molecule has 0 radical (unpaired) electrons. The molecule has 2 heterocycles. The maximum atomic E-state index is 6.39. The summed E-state index contributed by atoms with van der Waals surface area (Å²) in [5.41, 5.74) is 2.43. The van der Waals surface area contributed by atoms with Crippen molar-refractivity contribution in [3.8, 4) is 0 Å². The summed E-state index contributed by atoms with van der Waals surface area (Å²) in [6.45, 7) is 2.63. The molecule has 78 valence electrons. The molecule has 2 aliphatic heterocycles. The Hall–Kier alpha value is -1.22. The first-order chi connectivity index (χ1) is 7.36. The van der Waals surface area contributed by atoms with Crippen LogP contribution in [0.1, 0.15) is 16.6 Å². The SMILES string of the molecule is ClC1c2ccccc2CN1C1=NCCN1. The minimum absolute atomic E-state index is 0.0782. The molecule has 1 unspecified atom stereocenters. The molecule has 1 aromatic rings. The topological polar surface area (TPSA) is 27.6 Å². The van der Waals surface area contributed by atoms with Crippen LogP contribution in [0.5, 0.6) is 0 Å². The van der Waals surface area contributed by atoms with Gasteiger partial charge < -0.3 is 10.2 Å². The van der Waals surface area contributed by atoms with Crippen LogP contribution < -0.4 is 5.32 Å². The van der Waals surface area contributed by atoms with Crippen LogP contribution >= 0.6 is 11.6 Å². The maximum Gasteiger partial charge on any atom is 0.195 e. The first kappa shape index (κ1) is 9.04. The number of hydrogen-bond acceptors (Lipinski definition) is 3. The van der Waals surface area contributed by atoms with Crippen molar-refractivity contribution in [3.63, 3.8) is 0 Å². The molecule has 3 nitrogen and oxygen atoms in total. The predicted octanol–water partition coefficient (Wildman–Crippen LogP) is 1.70. The molecule has 1 N–H and O–H groups in total. The first-order valence-corrected chi connectivity index (χ1v) is 5.57. The van der Waals surface area contributed by atoms with E-state index in [1.807, 2.05) is 6.07 Å². The Labute approximate surface area is 93.8 Å². The largest absolute Gasteiger partial charge is 0.354 e. The number of hydrogen-bond donors (Lipinski definition) is 1. The average Bonchev–Trinajstić information content (AvgIpc) is 2.87. The summed E-state index contributed by atoms with van der Waals surface area (Å²) < 4.78 is 0. The van der Waals surface area contributed by atoms with Crippen molar-refractivity contribution in [2.24, 2.45) is 4.99 Å². The van der Waals surface area contributed by atoms with Crippen molar-refractivity contribution in [2.75, 3.05) is 13.1 Å². The van der Waals surface area contributed by atoms with Gasteiger partial charge in [-0.3, -0.25) is 4.99 Å². The molecule has 2 aliphatic rings. The van der Waals surface area contributed by atoms with Gasteiger partial charge in [-0.05, 0) is 11.1 Å². The van der Waals surface area contributed by atoms with Gasteiger partial charge in [-0.15, -0.1) is 0 Å². The summed E-state index contributed by atoms with van der Waals surface area (Å²) in [5, 5.41) is 3.26.